The molecule has 1 aromatic rings. The standard InChI is InChI=1S/C17H26N2O3/c1-3-21-10-11-22-13(2)17(20)19-12-16-15-7-5-4-6-14(15)8-9-18-16/h4-7,13,16,18H,3,8-12H2,1-2H3,(H,19,20). The molecule has 1 amide bonds. The summed E-state index contributed by atoms with van der Waals surface area (Å²) in [5.74, 6) is -0.0821. The molecule has 0 aromatic heterocycles. The van der Waals surface area contributed by atoms with Crippen molar-refractivity contribution in [3.05, 3.63) is 35.4 Å². The Morgan fingerprint density at radius 3 is 3.05 bits per heavy atom. The summed E-state index contributed by atoms with van der Waals surface area (Å²) < 4.78 is 10.6. The highest BCUT2D eigenvalue weighted by atomic mass is 16.5. The Hall–Kier alpha value is -1.43. The first-order chi connectivity index (χ1) is 10.7. The van der Waals surface area contributed by atoms with Gasteiger partial charge in [0.05, 0.1) is 13.2 Å². The fourth-order valence-corrected chi connectivity index (χ4v) is 2.63. The van der Waals surface area contributed by atoms with Gasteiger partial charge in [0.15, 0.2) is 0 Å². The van der Waals surface area contributed by atoms with E-state index in [0.29, 0.717) is 26.4 Å². The molecule has 0 saturated heterocycles. The van der Waals surface area contributed by atoms with Crippen LogP contribution in [0.15, 0.2) is 24.3 Å². The van der Waals surface area contributed by atoms with Gasteiger partial charge in [-0.2, -0.15) is 0 Å². The molecule has 0 saturated carbocycles. The average Bonchev–Trinajstić information content (AvgIpc) is 2.56. The van der Waals surface area contributed by atoms with Crippen molar-refractivity contribution in [2.75, 3.05) is 32.9 Å². The van der Waals surface area contributed by atoms with Gasteiger partial charge in [-0.25, -0.2) is 0 Å². The maximum Gasteiger partial charge on any atom is 0.248 e. The third-order valence-electron chi connectivity index (χ3n) is 3.86. The molecule has 22 heavy (non-hydrogen) atoms. The van der Waals surface area contributed by atoms with Gasteiger partial charge in [0.25, 0.3) is 0 Å². The van der Waals surface area contributed by atoms with Gasteiger partial charge < -0.3 is 20.1 Å². The van der Waals surface area contributed by atoms with E-state index in [9.17, 15) is 4.79 Å². The number of hydrogen-bond donors (Lipinski definition) is 2. The Labute approximate surface area is 132 Å². The van der Waals surface area contributed by atoms with Crippen LogP contribution in [0.4, 0.5) is 0 Å². The van der Waals surface area contributed by atoms with E-state index in [1.165, 1.54) is 11.1 Å². The third-order valence-corrected chi connectivity index (χ3v) is 3.86. The Morgan fingerprint density at radius 2 is 2.23 bits per heavy atom. The SMILES string of the molecule is CCOCCOC(C)C(=O)NCC1NCCc2ccccc21. The molecule has 2 N–H and O–H groups in total. The van der Waals surface area contributed by atoms with E-state index in [-0.39, 0.29) is 11.9 Å². The van der Waals surface area contributed by atoms with Crippen molar-refractivity contribution in [2.45, 2.75) is 32.4 Å². The Kier molecular flexibility index (Phi) is 6.83. The molecule has 2 atom stereocenters. The Morgan fingerprint density at radius 1 is 1.41 bits per heavy atom. The van der Waals surface area contributed by atoms with Crippen molar-refractivity contribution >= 4 is 5.91 Å². The molecule has 1 aliphatic heterocycles. The van der Waals surface area contributed by atoms with Crippen molar-refractivity contribution in [3.63, 3.8) is 0 Å². The van der Waals surface area contributed by atoms with Gasteiger partial charge in [-0.1, -0.05) is 24.3 Å². The second kappa shape index (κ2) is 8.88. The predicted molar refractivity (Wildman–Crippen MR) is 85.8 cm³/mol. The molecule has 122 valence electrons. The molecule has 0 spiro atoms. The number of nitrogens with one attached hydrogen (secondary N) is 2. The zero-order valence-electron chi connectivity index (χ0n) is 13.4. The number of fused-ring (bicyclic) bond motifs is 1. The lowest BCUT2D eigenvalue weighted by atomic mass is 9.94. The second-order valence-electron chi connectivity index (χ2n) is 5.41. The van der Waals surface area contributed by atoms with Gasteiger partial charge in [0.2, 0.25) is 5.91 Å². The molecule has 2 rings (SSSR count). The fourth-order valence-electron chi connectivity index (χ4n) is 2.63. The average molecular weight is 306 g/mol. The van der Waals surface area contributed by atoms with Crippen LogP contribution in [0.5, 0.6) is 0 Å². The minimum atomic E-state index is -0.459. The Bertz CT molecular complexity index is 479. The van der Waals surface area contributed by atoms with Gasteiger partial charge in [-0.05, 0) is 37.9 Å². The number of carbonyl (C=O) groups excluding carboxylic acids is 1. The van der Waals surface area contributed by atoms with E-state index < -0.39 is 6.10 Å². The normalized spacial score (nSPS) is 18.5. The van der Waals surface area contributed by atoms with Crippen LogP contribution < -0.4 is 10.6 Å². The number of hydrogen-bond acceptors (Lipinski definition) is 4. The first-order valence-electron chi connectivity index (χ1n) is 8.00. The van der Waals surface area contributed by atoms with Crippen LogP contribution in [-0.4, -0.2) is 44.9 Å². The van der Waals surface area contributed by atoms with Crippen molar-refractivity contribution in [1.82, 2.24) is 10.6 Å². The molecule has 1 heterocycles. The quantitative estimate of drug-likeness (QED) is 0.713. The van der Waals surface area contributed by atoms with Crippen LogP contribution in [0.25, 0.3) is 0 Å². The molecule has 2 unspecified atom stereocenters. The number of carbonyl (C=O) groups is 1. The van der Waals surface area contributed by atoms with Crippen LogP contribution >= 0.6 is 0 Å². The molecule has 0 bridgehead atoms. The Balaban J connectivity index is 1.77. The van der Waals surface area contributed by atoms with Crippen LogP contribution in [0.1, 0.15) is 31.0 Å². The number of amides is 1. The zero-order valence-corrected chi connectivity index (χ0v) is 13.4. The summed E-state index contributed by atoms with van der Waals surface area (Å²) in [6.07, 6.45) is 0.580. The largest absolute Gasteiger partial charge is 0.379 e. The van der Waals surface area contributed by atoms with Crippen molar-refractivity contribution in [2.24, 2.45) is 0 Å². The minimum Gasteiger partial charge on any atom is -0.379 e. The molecule has 0 aliphatic carbocycles. The maximum absolute atomic E-state index is 12.1. The summed E-state index contributed by atoms with van der Waals surface area (Å²) in [6, 6.07) is 8.56. The van der Waals surface area contributed by atoms with Crippen LogP contribution in [0.2, 0.25) is 0 Å². The van der Waals surface area contributed by atoms with Crippen LogP contribution in [0, 0.1) is 0 Å². The van der Waals surface area contributed by atoms with Gasteiger partial charge >= 0.3 is 0 Å². The lowest BCUT2D eigenvalue weighted by molar-refractivity contribution is -0.132. The topological polar surface area (TPSA) is 59.6 Å². The first kappa shape index (κ1) is 16.9. The number of ether oxygens (including phenoxy) is 2. The van der Waals surface area contributed by atoms with Gasteiger partial charge in [0, 0.05) is 19.2 Å². The third kappa shape index (κ3) is 4.80. The van der Waals surface area contributed by atoms with E-state index in [1.807, 2.05) is 13.0 Å². The van der Waals surface area contributed by atoms with E-state index in [2.05, 4.69) is 28.8 Å². The van der Waals surface area contributed by atoms with Crippen LogP contribution in [0.3, 0.4) is 0 Å². The van der Waals surface area contributed by atoms with E-state index >= 15 is 0 Å². The zero-order chi connectivity index (χ0) is 15.8. The molecule has 1 aromatic carbocycles. The lowest BCUT2D eigenvalue weighted by Crippen LogP contribution is -2.42. The molecule has 5 nitrogen and oxygen atoms in total. The smallest absolute Gasteiger partial charge is 0.248 e. The van der Waals surface area contributed by atoms with E-state index in [4.69, 9.17) is 9.47 Å². The molecule has 5 heteroatoms. The van der Waals surface area contributed by atoms with Crippen molar-refractivity contribution < 1.29 is 14.3 Å². The fraction of sp³-hybridized carbons (Fsp3) is 0.588. The summed E-state index contributed by atoms with van der Waals surface area (Å²) in [6.45, 7) is 6.84. The first-order valence-corrected chi connectivity index (χ1v) is 8.00. The highest BCUT2D eigenvalue weighted by molar-refractivity contribution is 5.80. The minimum absolute atomic E-state index is 0.0821. The van der Waals surface area contributed by atoms with Crippen molar-refractivity contribution in [3.8, 4) is 0 Å². The van der Waals surface area contributed by atoms with Crippen molar-refractivity contribution in [1.29, 1.82) is 0 Å². The second-order valence-corrected chi connectivity index (χ2v) is 5.41. The maximum atomic E-state index is 12.1. The lowest BCUT2D eigenvalue weighted by Gasteiger charge is -2.27. The molecular formula is C17H26N2O3. The molecule has 0 radical (unpaired) electrons. The van der Waals surface area contributed by atoms with Gasteiger partial charge in [-0.3, -0.25) is 4.79 Å². The number of benzene rings is 1. The van der Waals surface area contributed by atoms with Gasteiger partial charge in [0.1, 0.15) is 6.10 Å². The highest BCUT2D eigenvalue weighted by Crippen LogP contribution is 2.21. The summed E-state index contributed by atoms with van der Waals surface area (Å²) in [7, 11) is 0. The van der Waals surface area contributed by atoms with Gasteiger partial charge in [-0.15, -0.1) is 0 Å². The summed E-state index contributed by atoms with van der Waals surface area (Å²) >= 11 is 0. The molecule has 0 fully saturated rings. The molecule has 1 aliphatic rings. The van der Waals surface area contributed by atoms with E-state index in [0.717, 1.165) is 13.0 Å². The van der Waals surface area contributed by atoms with Crippen LogP contribution in [-0.2, 0) is 20.7 Å². The summed E-state index contributed by atoms with van der Waals surface area (Å²) in [5, 5.41) is 6.42. The monoisotopic (exact) mass is 306 g/mol. The summed E-state index contributed by atoms with van der Waals surface area (Å²) in [4.78, 5) is 12.1. The van der Waals surface area contributed by atoms with E-state index in [1.54, 1.807) is 6.92 Å². The number of rotatable bonds is 8. The predicted octanol–water partition coefficient (Wildman–Crippen LogP) is 1.43. The summed E-state index contributed by atoms with van der Waals surface area (Å²) in [5.41, 5.74) is 2.64. The highest BCUT2D eigenvalue weighted by Gasteiger charge is 2.21. The molecular weight excluding hydrogens is 280 g/mol.